The van der Waals surface area contributed by atoms with Gasteiger partial charge in [-0.3, -0.25) is 0 Å². The lowest BCUT2D eigenvalue weighted by molar-refractivity contribution is 0.171. The van der Waals surface area contributed by atoms with Crippen molar-refractivity contribution in [2.45, 2.75) is 39.4 Å². The monoisotopic (exact) mass is 240 g/mol. The van der Waals surface area contributed by atoms with E-state index in [0.29, 0.717) is 24.1 Å². The van der Waals surface area contributed by atoms with E-state index in [9.17, 15) is 0 Å². The van der Waals surface area contributed by atoms with E-state index in [1.165, 1.54) is 0 Å². The van der Waals surface area contributed by atoms with Crippen molar-refractivity contribution in [2.24, 2.45) is 5.84 Å². The van der Waals surface area contributed by atoms with Crippen LogP contribution in [0.4, 0.5) is 5.82 Å². The number of anilines is 1. The van der Waals surface area contributed by atoms with Crippen LogP contribution in [0.2, 0.25) is 0 Å². The van der Waals surface area contributed by atoms with Crippen molar-refractivity contribution in [3.8, 4) is 5.88 Å². The van der Waals surface area contributed by atoms with Crippen LogP contribution in [0.1, 0.15) is 32.5 Å². The molecule has 1 unspecified atom stereocenters. The van der Waals surface area contributed by atoms with Gasteiger partial charge in [-0.1, -0.05) is 13.3 Å². The summed E-state index contributed by atoms with van der Waals surface area (Å²) in [5, 5.41) is 0. The van der Waals surface area contributed by atoms with Crippen LogP contribution in [0, 0.1) is 0 Å². The molecule has 0 aliphatic rings. The lowest BCUT2D eigenvalue weighted by Gasteiger charge is -2.14. The van der Waals surface area contributed by atoms with Crippen LogP contribution in [0.15, 0.2) is 6.07 Å². The topological polar surface area (TPSA) is 82.3 Å². The molecule has 6 heteroatoms. The van der Waals surface area contributed by atoms with Gasteiger partial charge in [0.15, 0.2) is 5.82 Å². The fraction of sp³-hybridized carbons (Fsp3) is 0.636. The molecule has 96 valence electrons. The highest BCUT2D eigenvalue weighted by molar-refractivity contribution is 5.36. The normalized spacial score (nSPS) is 12.2. The molecule has 0 bridgehead atoms. The molecule has 3 N–H and O–H groups in total. The Labute approximate surface area is 102 Å². The first-order chi connectivity index (χ1) is 8.19. The molecule has 0 aliphatic carbocycles. The summed E-state index contributed by atoms with van der Waals surface area (Å²) in [6.07, 6.45) is 2.17. The smallest absolute Gasteiger partial charge is 0.219 e. The summed E-state index contributed by atoms with van der Waals surface area (Å²) in [5.41, 5.74) is 2.48. The van der Waals surface area contributed by atoms with Crippen LogP contribution in [-0.4, -0.2) is 23.2 Å². The Morgan fingerprint density at radius 2 is 2.24 bits per heavy atom. The molecule has 0 spiro atoms. The molecular formula is C11H20N4O2. The van der Waals surface area contributed by atoms with Crippen molar-refractivity contribution in [3.05, 3.63) is 11.9 Å². The van der Waals surface area contributed by atoms with Crippen molar-refractivity contribution in [1.82, 2.24) is 9.97 Å². The molecule has 0 amide bonds. The van der Waals surface area contributed by atoms with Crippen LogP contribution in [-0.2, 0) is 11.3 Å². The Balaban J connectivity index is 2.79. The Kier molecular flexibility index (Phi) is 5.65. The van der Waals surface area contributed by atoms with E-state index in [4.69, 9.17) is 15.3 Å². The second-order valence-electron chi connectivity index (χ2n) is 3.80. The second kappa shape index (κ2) is 7.03. The zero-order valence-electron chi connectivity index (χ0n) is 10.6. The van der Waals surface area contributed by atoms with Gasteiger partial charge in [0.05, 0.1) is 6.10 Å². The first-order valence-corrected chi connectivity index (χ1v) is 5.69. The third-order valence-electron chi connectivity index (χ3n) is 2.19. The highest BCUT2D eigenvalue weighted by Crippen LogP contribution is 2.16. The van der Waals surface area contributed by atoms with E-state index in [0.717, 1.165) is 12.8 Å². The molecule has 6 nitrogen and oxygen atoms in total. The molecule has 0 saturated heterocycles. The number of hydrazine groups is 1. The molecule has 1 heterocycles. The summed E-state index contributed by atoms with van der Waals surface area (Å²) in [6, 6.07) is 1.67. The lowest BCUT2D eigenvalue weighted by Crippen LogP contribution is -2.15. The Morgan fingerprint density at radius 1 is 1.47 bits per heavy atom. The van der Waals surface area contributed by atoms with E-state index >= 15 is 0 Å². The minimum atomic E-state index is 0.121. The van der Waals surface area contributed by atoms with Gasteiger partial charge in [0, 0.05) is 13.2 Å². The molecule has 0 fully saturated rings. The summed E-state index contributed by atoms with van der Waals surface area (Å²) in [5.74, 6) is 6.91. The molecule has 0 aliphatic heterocycles. The van der Waals surface area contributed by atoms with Gasteiger partial charge in [-0.2, -0.15) is 4.98 Å². The number of ether oxygens (including phenoxy) is 2. The van der Waals surface area contributed by atoms with Crippen LogP contribution in [0.5, 0.6) is 5.88 Å². The number of nitrogens with two attached hydrogens (primary N) is 1. The average molecular weight is 240 g/mol. The van der Waals surface area contributed by atoms with Gasteiger partial charge >= 0.3 is 0 Å². The van der Waals surface area contributed by atoms with Gasteiger partial charge in [-0.05, 0) is 13.3 Å². The Hall–Kier alpha value is -1.40. The lowest BCUT2D eigenvalue weighted by atomic mass is 10.2. The van der Waals surface area contributed by atoms with Gasteiger partial charge in [0.2, 0.25) is 5.88 Å². The summed E-state index contributed by atoms with van der Waals surface area (Å²) < 4.78 is 10.7. The largest absolute Gasteiger partial charge is 0.475 e. The van der Waals surface area contributed by atoms with Gasteiger partial charge < -0.3 is 14.9 Å². The maximum atomic E-state index is 5.68. The molecule has 1 atom stereocenters. The summed E-state index contributed by atoms with van der Waals surface area (Å²) in [6.45, 7) is 4.45. The Bertz CT molecular complexity index is 346. The predicted molar refractivity (Wildman–Crippen MR) is 65.6 cm³/mol. The first kappa shape index (κ1) is 13.7. The number of methoxy groups -OCH3 is 1. The standard InChI is InChI=1S/C11H20N4O2/c1-4-5-8(2)17-11-6-9(15-12)13-10(14-11)7-16-3/h6,8H,4-5,7,12H2,1-3H3,(H,13,14,15). The first-order valence-electron chi connectivity index (χ1n) is 5.69. The molecular weight excluding hydrogens is 220 g/mol. The Morgan fingerprint density at radius 3 is 2.82 bits per heavy atom. The van der Waals surface area contributed by atoms with Crippen molar-refractivity contribution in [1.29, 1.82) is 0 Å². The van der Waals surface area contributed by atoms with Crippen LogP contribution in [0.25, 0.3) is 0 Å². The molecule has 0 aromatic carbocycles. The van der Waals surface area contributed by atoms with E-state index in [-0.39, 0.29) is 6.10 Å². The molecule has 1 aromatic heterocycles. The van der Waals surface area contributed by atoms with Crippen LogP contribution < -0.4 is 16.0 Å². The zero-order chi connectivity index (χ0) is 12.7. The summed E-state index contributed by atoms with van der Waals surface area (Å²) in [7, 11) is 1.59. The highest BCUT2D eigenvalue weighted by atomic mass is 16.5. The predicted octanol–water partition coefficient (Wildman–Crippen LogP) is 1.48. The number of hydrogen-bond acceptors (Lipinski definition) is 6. The third-order valence-corrected chi connectivity index (χ3v) is 2.19. The van der Waals surface area contributed by atoms with Crippen LogP contribution in [0.3, 0.4) is 0 Å². The maximum Gasteiger partial charge on any atom is 0.219 e. The van der Waals surface area contributed by atoms with Crippen molar-refractivity contribution in [2.75, 3.05) is 12.5 Å². The quantitative estimate of drug-likeness (QED) is 0.555. The fourth-order valence-corrected chi connectivity index (χ4v) is 1.47. The fourth-order valence-electron chi connectivity index (χ4n) is 1.47. The maximum absolute atomic E-state index is 5.68. The van der Waals surface area contributed by atoms with Crippen molar-refractivity contribution < 1.29 is 9.47 Å². The SMILES string of the molecule is CCCC(C)Oc1cc(NN)nc(COC)n1. The zero-order valence-corrected chi connectivity index (χ0v) is 10.6. The molecule has 1 aromatic rings. The number of nitrogens with zero attached hydrogens (tertiary/aromatic N) is 2. The number of nitrogen functional groups attached to an aromatic ring is 1. The minimum absolute atomic E-state index is 0.121. The summed E-state index contributed by atoms with van der Waals surface area (Å²) in [4.78, 5) is 8.38. The molecule has 17 heavy (non-hydrogen) atoms. The number of hydrogen-bond donors (Lipinski definition) is 2. The van der Waals surface area contributed by atoms with Crippen molar-refractivity contribution >= 4 is 5.82 Å². The third kappa shape index (κ3) is 4.54. The van der Waals surface area contributed by atoms with E-state index in [2.05, 4.69) is 22.3 Å². The van der Waals surface area contributed by atoms with Crippen molar-refractivity contribution in [3.63, 3.8) is 0 Å². The van der Waals surface area contributed by atoms with E-state index in [1.54, 1.807) is 13.2 Å². The number of nitrogens with one attached hydrogen (secondary N) is 1. The van der Waals surface area contributed by atoms with Gasteiger partial charge in [-0.15, -0.1) is 0 Å². The molecule has 0 saturated carbocycles. The number of rotatable bonds is 7. The van der Waals surface area contributed by atoms with Gasteiger partial charge in [-0.25, -0.2) is 10.8 Å². The highest BCUT2D eigenvalue weighted by Gasteiger charge is 2.08. The molecule has 1 rings (SSSR count). The summed E-state index contributed by atoms with van der Waals surface area (Å²) >= 11 is 0. The van der Waals surface area contributed by atoms with E-state index < -0.39 is 0 Å². The van der Waals surface area contributed by atoms with Gasteiger partial charge in [0.25, 0.3) is 0 Å². The number of aromatic nitrogens is 2. The van der Waals surface area contributed by atoms with Gasteiger partial charge in [0.1, 0.15) is 12.4 Å². The minimum Gasteiger partial charge on any atom is -0.475 e. The average Bonchev–Trinajstić information content (AvgIpc) is 2.29. The van der Waals surface area contributed by atoms with E-state index in [1.807, 2.05) is 6.92 Å². The second-order valence-corrected chi connectivity index (χ2v) is 3.80. The van der Waals surface area contributed by atoms with Crippen LogP contribution >= 0.6 is 0 Å². The molecule has 0 radical (unpaired) electrons.